The van der Waals surface area contributed by atoms with E-state index in [2.05, 4.69) is 89.5 Å². The van der Waals surface area contributed by atoms with Crippen LogP contribution in [0.1, 0.15) is 5.56 Å². The lowest BCUT2D eigenvalue weighted by atomic mass is 10.2. The van der Waals surface area contributed by atoms with Crippen LogP contribution in [0.4, 0.5) is 0 Å². The van der Waals surface area contributed by atoms with Gasteiger partial charge in [-0.1, -0.05) is 78.9 Å². The zero-order chi connectivity index (χ0) is 14.8. The van der Waals surface area contributed by atoms with Crippen molar-refractivity contribution in [3.63, 3.8) is 0 Å². The summed E-state index contributed by atoms with van der Waals surface area (Å²) in [6.45, 7) is 0.878. The van der Waals surface area contributed by atoms with Gasteiger partial charge in [-0.15, -0.1) is 0 Å². The van der Waals surface area contributed by atoms with Gasteiger partial charge in [0.2, 0.25) is 0 Å². The number of benzene rings is 3. The highest BCUT2D eigenvalue weighted by Gasteiger charge is 2.07. The van der Waals surface area contributed by atoms with Gasteiger partial charge in [0.1, 0.15) is 0 Å². The molecule has 3 aromatic carbocycles. The first kappa shape index (κ1) is 12.9. The Morgan fingerprint density at radius 3 is 1.82 bits per heavy atom. The predicted molar refractivity (Wildman–Crippen MR) is 94.9 cm³/mol. The fraction of sp³-hybridized carbons (Fsp3) is 0.0476. The van der Waals surface area contributed by atoms with E-state index in [0.29, 0.717) is 0 Å². The Kier molecular flexibility index (Phi) is 3.24. The van der Waals surface area contributed by atoms with E-state index in [0.717, 1.165) is 6.54 Å². The van der Waals surface area contributed by atoms with E-state index in [1.54, 1.807) is 0 Å². The largest absolute Gasteiger partial charge is 0.337 e. The van der Waals surface area contributed by atoms with Crippen LogP contribution in [-0.4, -0.2) is 4.57 Å². The summed E-state index contributed by atoms with van der Waals surface area (Å²) >= 11 is 0. The van der Waals surface area contributed by atoms with E-state index in [9.17, 15) is 0 Å². The number of allylic oxidation sites excluding steroid dienone is 1. The molecule has 4 aromatic rings. The number of aromatic nitrogens is 1. The summed E-state index contributed by atoms with van der Waals surface area (Å²) in [5.74, 6) is 0. The molecule has 0 N–H and O–H groups in total. The molecule has 0 saturated carbocycles. The molecule has 0 saturated heterocycles. The molecule has 0 bridgehead atoms. The van der Waals surface area contributed by atoms with E-state index in [-0.39, 0.29) is 0 Å². The Balaban J connectivity index is 1.78. The van der Waals surface area contributed by atoms with E-state index < -0.39 is 0 Å². The van der Waals surface area contributed by atoms with Gasteiger partial charge < -0.3 is 4.57 Å². The molecular formula is C21H17N. The number of fused-ring (bicyclic) bond motifs is 3. The number of para-hydroxylation sites is 2. The highest BCUT2D eigenvalue weighted by Crippen LogP contribution is 2.28. The average molecular weight is 283 g/mol. The van der Waals surface area contributed by atoms with Crippen LogP contribution in [0.3, 0.4) is 0 Å². The quantitative estimate of drug-likeness (QED) is 0.467. The SMILES string of the molecule is C(=Cc1ccccc1)Cn1c2ccccc2c2ccccc21. The van der Waals surface area contributed by atoms with Crippen LogP contribution in [0.25, 0.3) is 27.9 Å². The molecule has 0 spiro atoms. The molecule has 0 unspecified atom stereocenters. The Labute approximate surface area is 130 Å². The van der Waals surface area contributed by atoms with Crippen molar-refractivity contribution in [2.24, 2.45) is 0 Å². The maximum absolute atomic E-state index is 2.38. The van der Waals surface area contributed by atoms with Gasteiger partial charge in [-0.25, -0.2) is 0 Å². The number of hydrogen-bond acceptors (Lipinski definition) is 0. The molecule has 0 aliphatic carbocycles. The summed E-state index contributed by atoms with van der Waals surface area (Å²) in [5.41, 5.74) is 3.83. The molecule has 0 fully saturated rings. The second kappa shape index (κ2) is 5.53. The highest BCUT2D eigenvalue weighted by molar-refractivity contribution is 6.07. The summed E-state index contributed by atoms with van der Waals surface area (Å²) < 4.78 is 2.38. The Morgan fingerprint density at radius 2 is 1.18 bits per heavy atom. The van der Waals surface area contributed by atoms with Crippen LogP contribution in [0.15, 0.2) is 84.9 Å². The van der Waals surface area contributed by atoms with Gasteiger partial charge in [0.25, 0.3) is 0 Å². The van der Waals surface area contributed by atoms with Gasteiger partial charge in [-0.05, 0) is 17.7 Å². The van der Waals surface area contributed by atoms with Crippen LogP contribution in [0.2, 0.25) is 0 Å². The topological polar surface area (TPSA) is 4.93 Å². The van der Waals surface area contributed by atoms with Gasteiger partial charge in [-0.2, -0.15) is 0 Å². The van der Waals surface area contributed by atoms with Crippen molar-refractivity contribution in [2.45, 2.75) is 6.54 Å². The molecule has 0 aliphatic rings. The summed E-state index contributed by atoms with van der Waals surface area (Å²) in [6, 6.07) is 27.7. The normalized spacial score (nSPS) is 11.6. The smallest absolute Gasteiger partial charge is 0.0494 e. The lowest BCUT2D eigenvalue weighted by Gasteiger charge is -2.03. The third-order valence-electron chi connectivity index (χ3n) is 4.08. The van der Waals surface area contributed by atoms with Gasteiger partial charge in [0, 0.05) is 28.4 Å². The van der Waals surface area contributed by atoms with Crippen molar-refractivity contribution in [1.82, 2.24) is 4.57 Å². The number of rotatable bonds is 3. The van der Waals surface area contributed by atoms with Crippen molar-refractivity contribution in [1.29, 1.82) is 0 Å². The molecule has 106 valence electrons. The molecular weight excluding hydrogens is 266 g/mol. The average Bonchev–Trinajstić information content (AvgIpc) is 2.91. The molecule has 0 aliphatic heterocycles. The van der Waals surface area contributed by atoms with Crippen molar-refractivity contribution in [3.8, 4) is 0 Å². The third-order valence-corrected chi connectivity index (χ3v) is 4.08. The first-order valence-corrected chi connectivity index (χ1v) is 7.61. The Hall–Kier alpha value is -2.80. The Bertz CT molecular complexity index is 892. The van der Waals surface area contributed by atoms with Crippen LogP contribution < -0.4 is 0 Å². The van der Waals surface area contributed by atoms with Gasteiger partial charge in [0.05, 0.1) is 0 Å². The molecule has 0 atom stereocenters. The predicted octanol–water partition coefficient (Wildman–Crippen LogP) is 5.51. The summed E-state index contributed by atoms with van der Waals surface area (Å²) in [7, 11) is 0. The fourth-order valence-electron chi connectivity index (χ4n) is 3.06. The first-order chi connectivity index (χ1) is 10.9. The second-order valence-corrected chi connectivity index (χ2v) is 5.46. The fourth-order valence-corrected chi connectivity index (χ4v) is 3.06. The molecule has 4 rings (SSSR count). The minimum absolute atomic E-state index is 0.878. The highest BCUT2D eigenvalue weighted by atomic mass is 15.0. The zero-order valence-electron chi connectivity index (χ0n) is 12.3. The van der Waals surface area contributed by atoms with Crippen molar-refractivity contribution in [2.75, 3.05) is 0 Å². The van der Waals surface area contributed by atoms with Crippen LogP contribution in [0, 0.1) is 0 Å². The lowest BCUT2D eigenvalue weighted by Crippen LogP contribution is -1.94. The van der Waals surface area contributed by atoms with Crippen molar-refractivity contribution < 1.29 is 0 Å². The summed E-state index contributed by atoms with van der Waals surface area (Å²) in [4.78, 5) is 0. The van der Waals surface area contributed by atoms with E-state index in [4.69, 9.17) is 0 Å². The molecule has 0 amide bonds. The van der Waals surface area contributed by atoms with E-state index in [1.165, 1.54) is 27.4 Å². The molecule has 1 aromatic heterocycles. The standard InChI is InChI=1S/C21H17N/c1-2-9-17(10-3-1)11-8-16-22-20-14-6-4-12-18(20)19-13-5-7-15-21(19)22/h1-15H,16H2. The van der Waals surface area contributed by atoms with Crippen LogP contribution in [-0.2, 0) is 6.54 Å². The maximum Gasteiger partial charge on any atom is 0.0494 e. The minimum Gasteiger partial charge on any atom is -0.337 e. The Morgan fingerprint density at radius 1 is 0.636 bits per heavy atom. The van der Waals surface area contributed by atoms with Crippen molar-refractivity contribution in [3.05, 3.63) is 90.5 Å². The van der Waals surface area contributed by atoms with Gasteiger partial charge in [-0.3, -0.25) is 0 Å². The van der Waals surface area contributed by atoms with Crippen molar-refractivity contribution >= 4 is 27.9 Å². The van der Waals surface area contributed by atoms with Gasteiger partial charge in [0.15, 0.2) is 0 Å². The maximum atomic E-state index is 2.38. The minimum atomic E-state index is 0.878. The number of hydrogen-bond donors (Lipinski definition) is 0. The lowest BCUT2D eigenvalue weighted by molar-refractivity contribution is 0.902. The zero-order valence-corrected chi connectivity index (χ0v) is 12.3. The molecule has 1 heterocycles. The summed E-state index contributed by atoms with van der Waals surface area (Å²) in [6.07, 6.45) is 4.41. The molecule has 0 radical (unpaired) electrons. The van der Waals surface area contributed by atoms with Crippen LogP contribution >= 0.6 is 0 Å². The third kappa shape index (κ3) is 2.21. The van der Waals surface area contributed by atoms with Gasteiger partial charge >= 0.3 is 0 Å². The second-order valence-electron chi connectivity index (χ2n) is 5.46. The molecule has 1 nitrogen and oxygen atoms in total. The summed E-state index contributed by atoms with van der Waals surface area (Å²) in [5, 5.41) is 2.65. The van der Waals surface area contributed by atoms with E-state index in [1.807, 2.05) is 6.07 Å². The number of nitrogens with zero attached hydrogens (tertiary/aromatic N) is 1. The molecule has 22 heavy (non-hydrogen) atoms. The first-order valence-electron chi connectivity index (χ1n) is 7.61. The van der Waals surface area contributed by atoms with E-state index >= 15 is 0 Å². The monoisotopic (exact) mass is 283 g/mol. The van der Waals surface area contributed by atoms with Crippen LogP contribution in [0.5, 0.6) is 0 Å². The molecule has 1 heteroatoms.